The number of likely N-dealkylation sites (tertiary alicyclic amines) is 1. The molecule has 0 radical (unpaired) electrons. The maximum absolute atomic E-state index is 15.5. The van der Waals surface area contributed by atoms with Gasteiger partial charge in [0, 0.05) is 43.5 Å². The average Bonchev–Trinajstić information content (AvgIpc) is 3.51. The minimum Gasteiger partial charge on any atom is -0.453 e. The summed E-state index contributed by atoms with van der Waals surface area (Å²) in [4.78, 5) is 26.8. The highest BCUT2D eigenvalue weighted by atomic mass is 35.5. The minimum atomic E-state index is -2.91. The molecule has 0 bridgehead atoms. The van der Waals surface area contributed by atoms with Crippen molar-refractivity contribution in [3.63, 3.8) is 0 Å². The first kappa shape index (κ1) is 27.4. The number of hydrogen-bond acceptors (Lipinski definition) is 7. The second kappa shape index (κ2) is 10.5. The van der Waals surface area contributed by atoms with E-state index < -0.39 is 36.4 Å². The van der Waals surface area contributed by atoms with Gasteiger partial charge in [-0.25, -0.2) is 32.9 Å². The first-order chi connectivity index (χ1) is 18.5. The van der Waals surface area contributed by atoms with Crippen molar-refractivity contribution in [2.24, 2.45) is 0 Å². The molecule has 1 aliphatic carbocycles. The zero-order chi connectivity index (χ0) is 28.1. The molecule has 9 nitrogen and oxygen atoms in total. The largest absolute Gasteiger partial charge is 0.453 e. The van der Waals surface area contributed by atoms with Gasteiger partial charge in [-0.3, -0.25) is 0 Å². The van der Waals surface area contributed by atoms with Crippen molar-refractivity contribution in [3.05, 3.63) is 35.0 Å². The fourth-order valence-corrected chi connectivity index (χ4v) is 5.69. The van der Waals surface area contributed by atoms with E-state index in [1.54, 1.807) is 11.0 Å². The third kappa shape index (κ3) is 5.36. The van der Waals surface area contributed by atoms with E-state index in [0.29, 0.717) is 36.4 Å². The molecular weight excluding hydrogens is 537 g/mol. The Morgan fingerprint density at radius 3 is 2.74 bits per heavy atom. The quantitative estimate of drug-likeness (QED) is 0.427. The van der Waals surface area contributed by atoms with Crippen LogP contribution in [-0.2, 0) is 4.74 Å². The van der Waals surface area contributed by atoms with Crippen LogP contribution in [0.3, 0.4) is 0 Å². The molecule has 0 spiro atoms. The van der Waals surface area contributed by atoms with Crippen molar-refractivity contribution in [1.29, 1.82) is 0 Å². The molecule has 13 heteroatoms. The number of imidazole rings is 1. The fourth-order valence-electron chi connectivity index (χ4n) is 5.49. The summed E-state index contributed by atoms with van der Waals surface area (Å²) in [5.74, 6) is -2.78. The number of nitrogens with one attached hydrogen (secondary N) is 1. The topological polar surface area (TPSA) is 105 Å². The smallest absolute Gasteiger partial charge is 0.409 e. The Bertz CT molecular complexity index is 1400. The van der Waals surface area contributed by atoms with Gasteiger partial charge in [0.15, 0.2) is 5.82 Å². The third-order valence-corrected chi connectivity index (χ3v) is 7.68. The molecule has 1 saturated carbocycles. The standard InChI is InChI=1S/C26H30ClF3N6O3/c1-13(2)36-19-9-15(8-17(28)22(19)33-23(36)14-5-7-35(12-14)25(38)39-3)21-16(27)11-31-24(34-21)32-18-4-6-26(29,30)10-20(18)37/h8-9,11,13-14,18,20,37H,4-7,10,12H2,1-3H3,(H,31,32,34)/t14-,18+,20+/m1/s1. The number of carbonyl (C=O) groups is 1. The lowest BCUT2D eigenvalue weighted by Gasteiger charge is -2.33. The SMILES string of the molecule is COC(=O)N1CC[C@@H](c2nc3c(F)cc(-c4nc(N[C@H]5CCC(F)(F)C[C@@H]5O)ncc4Cl)cc3n2C(C)C)C1. The van der Waals surface area contributed by atoms with E-state index in [9.17, 15) is 18.7 Å². The van der Waals surface area contributed by atoms with Gasteiger partial charge in [0.25, 0.3) is 5.92 Å². The van der Waals surface area contributed by atoms with E-state index >= 15 is 4.39 Å². The van der Waals surface area contributed by atoms with E-state index in [2.05, 4.69) is 20.3 Å². The predicted molar refractivity (Wildman–Crippen MR) is 140 cm³/mol. The fraction of sp³-hybridized carbons (Fsp3) is 0.538. The molecule has 1 aromatic carbocycles. The number of ether oxygens (including phenoxy) is 1. The number of aromatic nitrogens is 4. The maximum Gasteiger partial charge on any atom is 0.409 e. The number of benzene rings is 1. The van der Waals surface area contributed by atoms with Crippen molar-refractivity contribution in [2.75, 3.05) is 25.5 Å². The second-order valence-corrected chi connectivity index (χ2v) is 10.9. The van der Waals surface area contributed by atoms with Gasteiger partial charge in [-0.15, -0.1) is 0 Å². The first-order valence-electron chi connectivity index (χ1n) is 12.9. The van der Waals surface area contributed by atoms with Crippen LogP contribution < -0.4 is 5.32 Å². The number of nitrogens with zero attached hydrogens (tertiary/aromatic N) is 5. The molecule has 39 heavy (non-hydrogen) atoms. The van der Waals surface area contributed by atoms with Crippen molar-refractivity contribution < 1.29 is 27.8 Å². The van der Waals surface area contributed by atoms with Gasteiger partial charge in [-0.2, -0.15) is 0 Å². The number of aliphatic hydroxyl groups is 1. The van der Waals surface area contributed by atoms with Crippen LogP contribution in [0.25, 0.3) is 22.3 Å². The van der Waals surface area contributed by atoms with Crippen LogP contribution in [0, 0.1) is 5.82 Å². The molecular formula is C26H30ClF3N6O3. The summed E-state index contributed by atoms with van der Waals surface area (Å²) in [6, 6.07) is 2.35. The molecule has 0 unspecified atom stereocenters. The summed E-state index contributed by atoms with van der Waals surface area (Å²) in [6.07, 6.45) is -0.614. The Labute approximate surface area is 228 Å². The highest BCUT2D eigenvalue weighted by Gasteiger charge is 2.41. The minimum absolute atomic E-state index is 0.0427. The van der Waals surface area contributed by atoms with Crippen molar-refractivity contribution >= 4 is 34.7 Å². The zero-order valence-electron chi connectivity index (χ0n) is 21.8. The average molecular weight is 567 g/mol. The molecule has 5 rings (SSSR count). The molecule has 1 aliphatic heterocycles. The lowest BCUT2D eigenvalue weighted by molar-refractivity contribution is -0.0800. The van der Waals surface area contributed by atoms with Crippen LogP contribution in [0.5, 0.6) is 0 Å². The van der Waals surface area contributed by atoms with Crippen molar-refractivity contribution in [2.45, 2.75) is 69.6 Å². The second-order valence-electron chi connectivity index (χ2n) is 10.5. The zero-order valence-corrected chi connectivity index (χ0v) is 22.6. The van der Waals surface area contributed by atoms with E-state index in [-0.39, 0.29) is 47.0 Å². The summed E-state index contributed by atoms with van der Waals surface area (Å²) in [5, 5.41) is 13.3. The van der Waals surface area contributed by atoms with Gasteiger partial charge in [0.05, 0.1) is 41.7 Å². The van der Waals surface area contributed by atoms with Crippen LogP contribution in [0.15, 0.2) is 18.3 Å². The third-order valence-electron chi connectivity index (χ3n) is 7.40. The normalized spacial score (nSPS) is 23.0. The lowest BCUT2D eigenvalue weighted by atomic mass is 9.90. The number of amides is 1. The summed E-state index contributed by atoms with van der Waals surface area (Å²) < 4.78 is 49.6. The Hall–Kier alpha value is -3.12. The van der Waals surface area contributed by atoms with Crippen LogP contribution in [0.1, 0.15) is 57.3 Å². The van der Waals surface area contributed by atoms with E-state index in [0.717, 1.165) is 0 Å². The summed E-state index contributed by atoms with van der Waals surface area (Å²) >= 11 is 6.42. The number of hydrogen-bond donors (Lipinski definition) is 2. The highest BCUT2D eigenvalue weighted by molar-refractivity contribution is 6.33. The number of fused-ring (bicyclic) bond motifs is 1. The van der Waals surface area contributed by atoms with Gasteiger partial charge in [-0.05, 0) is 38.8 Å². The number of halogens is 4. The number of rotatable bonds is 5. The van der Waals surface area contributed by atoms with Crippen LogP contribution in [0.2, 0.25) is 5.02 Å². The van der Waals surface area contributed by atoms with Gasteiger partial charge < -0.3 is 24.6 Å². The molecule has 1 amide bonds. The first-order valence-corrected chi connectivity index (χ1v) is 13.2. The predicted octanol–water partition coefficient (Wildman–Crippen LogP) is 5.38. The Balaban J connectivity index is 1.49. The van der Waals surface area contributed by atoms with Crippen LogP contribution in [0.4, 0.5) is 23.9 Å². The van der Waals surface area contributed by atoms with Gasteiger partial charge >= 0.3 is 6.09 Å². The van der Waals surface area contributed by atoms with Crippen molar-refractivity contribution in [3.8, 4) is 11.3 Å². The summed E-state index contributed by atoms with van der Waals surface area (Å²) in [5.41, 5.74) is 1.40. The summed E-state index contributed by atoms with van der Waals surface area (Å²) in [7, 11) is 1.34. The lowest BCUT2D eigenvalue weighted by Crippen LogP contribution is -2.44. The van der Waals surface area contributed by atoms with Crippen molar-refractivity contribution in [1.82, 2.24) is 24.4 Å². The number of alkyl halides is 2. The van der Waals surface area contributed by atoms with Crippen LogP contribution >= 0.6 is 11.6 Å². The number of anilines is 1. The molecule has 1 saturated heterocycles. The molecule has 2 N–H and O–H groups in total. The summed E-state index contributed by atoms with van der Waals surface area (Å²) in [6.45, 7) is 4.89. The number of carbonyl (C=O) groups excluding carboxylic acids is 1. The van der Waals surface area contributed by atoms with Gasteiger partial charge in [0.2, 0.25) is 5.95 Å². The molecule has 2 aromatic heterocycles. The molecule has 2 aliphatic rings. The van der Waals surface area contributed by atoms with E-state index in [4.69, 9.17) is 16.3 Å². The monoisotopic (exact) mass is 566 g/mol. The Kier molecular flexibility index (Phi) is 7.36. The Morgan fingerprint density at radius 2 is 2.05 bits per heavy atom. The Morgan fingerprint density at radius 1 is 1.28 bits per heavy atom. The molecule has 3 atom stereocenters. The molecule has 3 aromatic rings. The molecule has 3 heterocycles. The molecule has 2 fully saturated rings. The number of aliphatic hydroxyl groups excluding tert-OH is 1. The van der Waals surface area contributed by atoms with Gasteiger partial charge in [0.1, 0.15) is 11.3 Å². The van der Waals surface area contributed by atoms with E-state index in [1.165, 1.54) is 19.4 Å². The van der Waals surface area contributed by atoms with E-state index in [1.807, 2.05) is 18.4 Å². The van der Waals surface area contributed by atoms with Crippen LogP contribution in [-0.4, -0.2) is 73.9 Å². The number of methoxy groups -OCH3 is 1. The molecule has 210 valence electrons. The highest BCUT2D eigenvalue weighted by Crippen LogP contribution is 2.37. The van der Waals surface area contributed by atoms with Gasteiger partial charge in [-0.1, -0.05) is 11.6 Å². The maximum atomic E-state index is 15.5.